The number of nitrogens with one attached hydrogen (secondary N) is 1. The quantitative estimate of drug-likeness (QED) is 0.692. The van der Waals surface area contributed by atoms with Crippen molar-refractivity contribution in [1.82, 2.24) is 9.62 Å². The molecule has 0 bridgehead atoms. The molecule has 1 atom stereocenters. The van der Waals surface area contributed by atoms with Gasteiger partial charge >= 0.3 is 5.97 Å². The van der Waals surface area contributed by atoms with Gasteiger partial charge in [-0.3, -0.25) is 4.79 Å². The molecule has 1 amide bonds. The van der Waals surface area contributed by atoms with Crippen LogP contribution in [0.15, 0.2) is 45.9 Å². The van der Waals surface area contributed by atoms with Crippen LogP contribution in [-0.2, 0) is 14.8 Å². The van der Waals surface area contributed by atoms with Crippen LogP contribution in [0.2, 0.25) is 0 Å². The van der Waals surface area contributed by atoms with Gasteiger partial charge in [-0.2, -0.15) is 0 Å². The molecule has 0 aliphatic heterocycles. The van der Waals surface area contributed by atoms with Crippen molar-refractivity contribution in [1.29, 1.82) is 0 Å². The van der Waals surface area contributed by atoms with Crippen LogP contribution in [0.4, 0.5) is 0 Å². The maximum absolute atomic E-state index is 12.3. The zero-order valence-electron chi connectivity index (χ0n) is 15.0. The van der Waals surface area contributed by atoms with Crippen LogP contribution in [0.25, 0.3) is 0 Å². The van der Waals surface area contributed by atoms with E-state index in [-0.39, 0.29) is 10.9 Å². The fourth-order valence-electron chi connectivity index (χ4n) is 2.11. The lowest BCUT2D eigenvalue weighted by Gasteiger charge is -2.14. The summed E-state index contributed by atoms with van der Waals surface area (Å²) in [5.74, 6) is -1.37. The summed E-state index contributed by atoms with van der Waals surface area (Å²) in [6.07, 6.45) is 0. The second-order valence-electron chi connectivity index (χ2n) is 5.85. The second-order valence-corrected chi connectivity index (χ2v) is 7.94. The molecule has 1 unspecified atom stereocenters. The highest BCUT2D eigenvalue weighted by Crippen LogP contribution is 2.20. The van der Waals surface area contributed by atoms with Crippen LogP contribution in [0.3, 0.4) is 0 Å². The number of carbonyl (C=O) groups is 2. The standard InChI is InChI=1S/C17H20N2O7S/c1-11(12-4-6-13(7-5-12)25-10-15(20)21)18-17(22)14-8-9-16(26-14)27(23,24)19(2)3/h4-9,11H,10H2,1-3H3,(H,18,22)(H,20,21). The molecule has 0 saturated carbocycles. The third-order valence-corrected chi connectivity index (χ3v) is 5.32. The predicted octanol–water partition coefficient (Wildman–Crippen LogP) is 1.48. The zero-order valence-corrected chi connectivity index (χ0v) is 15.8. The number of carbonyl (C=O) groups excluding carboxylic acids is 1. The number of sulfonamides is 1. The fraction of sp³-hybridized carbons (Fsp3) is 0.294. The van der Waals surface area contributed by atoms with E-state index in [9.17, 15) is 18.0 Å². The molecule has 1 aromatic carbocycles. The van der Waals surface area contributed by atoms with E-state index in [1.807, 2.05) is 0 Å². The summed E-state index contributed by atoms with van der Waals surface area (Å²) in [4.78, 5) is 22.8. The Hall–Kier alpha value is -2.85. The van der Waals surface area contributed by atoms with Gasteiger partial charge in [0.15, 0.2) is 12.4 Å². The van der Waals surface area contributed by atoms with Gasteiger partial charge in [-0.15, -0.1) is 0 Å². The molecule has 2 aromatic rings. The minimum absolute atomic E-state index is 0.122. The normalized spacial score (nSPS) is 12.6. The Bertz CT molecular complexity index is 917. The highest BCUT2D eigenvalue weighted by atomic mass is 32.2. The lowest BCUT2D eigenvalue weighted by molar-refractivity contribution is -0.139. The number of furan rings is 1. The Morgan fingerprint density at radius 1 is 1.19 bits per heavy atom. The molecule has 1 heterocycles. The van der Waals surface area contributed by atoms with E-state index in [0.29, 0.717) is 5.75 Å². The summed E-state index contributed by atoms with van der Waals surface area (Å²) in [5.41, 5.74) is 0.749. The molecule has 27 heavy (non-hydrogen) atoms. The van der Waals surface area contributed by atoms with Crippen LogP contribution >= 0.6 is 0 Å². The maximum atomic E-state index is 12.3. The number of hydrogen-bond donors (Lipinski definition) is 2. The number of carboxylic acids is 1. The summed E-state index contributed by atoms with van der Waals surface area (Å²) < 4.78 is 35.2. The summed E-state index contributed by atoms with van der Waals surface area (Å²) in [5, 5.41) is 11.0. The van der Waals surface area contributed by atoms with Crippen molar-refractivity contribution in [3.05, 3.63) is 47.7 Å². The molecular formula is C17H20N2O7S. The van der Waals surface area contributed by atoms with Crippen molar-refractivity contribution in [2.24, 2.45) is 0 Å². The van der Waals surface area contributed by atoms with Gasteiger partial charge in [0.2, 0.25) is 5.09 Å². The van der Waals surface area contributed by atoms with Crippen LogP contribution in [0.5, 0.6) is 5.75 Å². The minimum Gasteiger partial charge on any atom is -0.482 e. The molecule has 0 aliphatic rings. The average Bonchev–Trinajstić information content (AvgIpc) is 3.11. The van der Waals surface area contributed by atoms with Gasteiger partial charge in [-0.25, -0.2) is 17.5 Å². The third-order valence-electron chi connectivity index (χ3n) is 3.63. The Labute approximate surface area is 156 Å². The van der Waals surface area contributed by atoms with Crippen LogP contribution in [-0.4, -0.2) is 50.4 Å². The van der Waals surface area contributed by atoms with Gasteiger partial charge in [0.05, 0.1) is 6.04 Å². The number of rotatable bonds is 8. The maximum Gasteiger partial charge on any atom is 0.341 e. The smallest absolute Gasteiger partial charge is 0.341 e. The first kappa shape index (κ1) is 20.5. The summed E-state index contributed by atoms with van der Waals surface area (Å²) in [6.45, 7) is 1.30. The van der Waals surface area contributed by atoms with Crippen LogP contribution in [0.1, 0.15) is 29.1 Å². The molecule has 146 valence electrons. The number of nitrogens with zero attached hydrogens (tertiary/aromatic N) is 1. The van der Waals surface area contributed by atoms with Crippen molar-refractivity contribution < 1.29 is 32.3 Å². The summed E-state index contributed by atoms with van der Waals surface area (Å²) >= 11 is 0. The fourth-order valence-corrected chi connectivity index (χ4v) is 2.90. The number of carboxylic acid groups (broad SMARTS) is 1. The van der Waals surface area contributed by atoms with Gasteiger partial charge in [0, 0.05) is 14.1 Å². The first-order chi connectivity index (χ1) is 12.6. The molecule has 0 radical (unpaired) electrons. The monoisotopic (exact) mass is 396 g/mol. The molecular weight excluding hydrogens is 376 g/mol. The molecule has 0 fully saturated rings. The van der Waals surface area contributed by atoms with E-state index >= 15 is 0 Å². The van der Waals surface area contributed by atoms with E-state index < -0.39 is 34.5 Å². The number of ether oxygens (including phenoxy) is 1. The number of amides is 1. The number of hydrogen-bond acceptors (Lipinski definition) is 6. The zero-order chi connectivity index (χ0) is 20.2. The van der Waals surface area contributed by atoms with Crippen molar-refractivity contribution >= 4 is 21.9 Å². The Morgan fingerprint density at radius 2 is 1.81 bits per heavy atom. The average molecular weight is 396 g/mol. The van der Waals surface area contributed by atoms with Crippen molar-refractivity contribution in [2.75, 3.05) is 20.7 Å². The third kappa shape index (κ3) is 5.08. The Kier molecular flexibility index (Phi) is 6.24. The van der Waals surface area contributed by atoms with Gasteiger partial charge in [-0.1, -0.05) is 12.1 Å². The van der Waals surface area contributed by atoms with Crippen LogP contribution < -0.4 is 10.1 Å². The Morgan fingerprint density at radius 3 is 2.37 bits per heavy atom. The van der Waals surface area contributed by atoms with Gasteiger partial charge in [0.1, 0.15) is 5.75 Å². The molecule has 0 saturated heterocycles. The van der Waals surface area contributed by atoms with E-state index in [4.69, 9.17) is 14.3 Å². The van der Waals surface area contributed by atoms with E-state index in [1.54, 1.807) is 31.2 Å². The first-order valence-corrected chi connectivity index (χ1v) is 9.33. The number of benzene rings is 1. The predicted molar refractivity (Wildman–Crippen MR) is 95.0 cm³/mol. The molecule has 9 nitrogen and oxygen atoms in total. The van der Waals surface area contributed by atoms with E-state index in [0.717, 1.165) is 9.87 Å². The molecule has 2 rings (SSSR count). The number of aliphatic carboxylic acids is 1. The van der Waals surface area contributed by atoms with E-state index in [1.165, 1.54) is 26.2 Å². The van der Waals surface area contributed by atoms with Crippen LogP contribution in [0, 0.1) is 0 Å². The highest BCUT2D eigenvalue weighted by molar-refractivity contribution is 7.88. The molecule has 1 aromatic heterocycles. The second kappa shape index (κ2) is 8.23. The molecule has 10 heteroatoms. The van der Waals surface area contributed by atoms with E-state index in [2.05, 4.69) is 5.32 Å². The molecule has 2 N–H and O–H groups in total. The summed E-state index contributed by atoms with van der Waals surface area (Å²) in [7, 11) is -1.03. The molecule has 0 spiro atoms. The van der Waals surface area contributed by atoms with Gasteiger partial charge in [0.25, 0.3) is 15.9 Å². The SMILES string of the molecule is CC(NC(=O)c1ccc(S(=O)(=O)N(C)C)o1)c1ccc(OCC(=O)O)cc1. The topological polar surface area (TPSA) is 126 Å². The Balaban J connectivity index is 2.03. The van der Waals surface area contributed by atoms with Gasteiger partial charge < -0.3 is 19.6 Å². The minimum atomic E-state index is -3.76. The lowest BCUT2D eigenvalue weighted by Crippen LogP contribution is -2.26. The van der Waals surface area contributed by atoms with Crippen molar-refractivity contribution in [2.45, 2.75) is 18.1 Å². The van der Waals surface area contributed by atoms with Gasteiger partial charge in [-0.05, 0) is 36.8 Å². The lowest BCUT2D eigenvalue weighted by atomic mass is 10.1. The summed E-state index contributed by atoms with van der Waals surface area (Å²) in [6, 6.07) is 8.68. The largest absolute Gasteiger partial charge is 0.482 e. The van der Waals surface area contributed by atoms with Crippen molar-refractivity contribution in [3.63, 3.8) is 0 Å². The van der Waals surface area contributed by atoms with Crippen molar-refractivity contribution in [3.8, 4) is 5.75 Å². The molecule has 0 aliphatic carbocycles. The first-order valence-electron chi connectivity index (χ1n) is 7.89. The highest BCUT2D eigenvalue weighted by Gasteiger charge is 2.24.